The van der Waals surface area contributed by atoms with E-state index in [-0.39, 0.29) is 64.9 Å². The zero-order valence-electron chi connectivity index (χ0n) is 23.0. The first kappa shape index (κ1) is 31.0. The van der Waals surface area contributed by atoms with E-state index in [0.717, 1.165) is 37.8 Å². The minimum absolute atomic E-state index is 0.0539. The van der Waals surface area contributed by atoms with Gasteiger partial charge >= 0.3 is 12.4 Å². The van der Waals surface area contributed by atoms with Crippen molar-refractivity contribution in [3.05, 3.63) is 58.0 Å². The van der Waals surface area contributed by atoms with Crippen LogP contribution in [0.1, 0.15) is 67.3 Å². The Morgan fingerprint density at radius 3 is 2.47 bits per heavy atom. The number of nitrogens with zero attached hydrogens (tertiary/aromatic N) is 2. The van der Waals surface area contributed by atoms with Crippen molar-refractivity contribution >= 4 is 17.9 Å². The summed E-state index contributed by atoms with van der Waals surface area (Å²) in [6.45, 7) is 0.610. The minimum Gasteiger partial charge on any atom is -0.494 e. The third kappa shape index (κ3) is 8.58. The van der Waals surface area contributed by atoms with Crippen molar-refractivity contribution in [2.24, 2.45) is 5.92 Å². The van der Waals surface area contributed by atoms with Gasteiger partial charge in [0.15, 0.2) is 0 Å². The number of aromatic nitrogens is 3. The van der Waals surface area contributed by atoms with E-state index >= 15 is 0 Å². The summed E-state index contributed by atoms with van der Waals surface area (Å²) in [5.41, 5.74) is -2.28. The van der Waals surface area contributed by atoms with E-state index in [9.17, 15) is 35.9 Å². The molecule has 5 rings (SSSR count). The number of nitrogens with one attached hydrogen (secondary N) is 2. The molecule has 232 valence electrons. The number of H-pyrrole nitrogens is 1. The number of unbranched alkanes of at least 4 members (excludes halogenated alkanes) is 2. The number of carbonyl (C=O) groups is 1. The molecular formula is C29H30F6N4O3S. The maximum absolute atomic E-state index is 14.2. The van der Waals surface area contributed by atoms with Crippen LogP contribution in [0.25, 0.3) is 22.5 Å². The number of carbonyl (C=O) groups excluding carboxylic acids is 1. The molecule has 2 heterocycles. The zero-order chi connectivity index (χ0) is 30.8. The van der Waals surface area contributed by atoms with E-state index in [1.807, 2.05) is 0 Å². The Bertz CT molecular complexity index is 1510. The quantitative estimate of drug-likeness (QED) is 0.117. The summed E-state index contributed by atoms with van der Waals surface area (Å²) in [6.07, 6.45) is -3.91. The Hall–Kier alpha value is -3.42. The second kappa shape index (κ2) is 12.7. The minimum atomic E-state index is -4.83. The normalized spacial score (nSPS) is 15.5. The standard InChI is InChI=1S/C29H30F6N4O3S/c30-28(31,32)11-2-1-3-13-42-18-6-9-20(22(14-18)29(33,34)35)24-15-21(23-10-12-39(37-23)16-17-4-5-17)25(26(40)36-24)27(41)38-43-19-7-8-19/h6,9-10,12,14-15,17,19H,1-5,7-8,11,13,16H2,(H,36,40)(H,38,41). The van der Waals surface area contributed by atoms with E-state index in [2.05, 4.69) is 14.8 Å². The Balaban J connectivity index is 1.43. The van der Waals surface area contributed by atoms with Crippen molar-refractivity contribution in [2.45, 2.75) is 75.5 Å². The highest BCUT2D eigenvalue weighted by molar-refractivity contribution is 7.98. The van der Waals surface area contributed by atoms with Crippen molar-refractivity contribution in [1.29, 1.82) is 0 Å². The summed E-state index contributed by atoms with van der Waals surface area (Å²) >= 11 is 1.21. The average Bonchev–Trinajstić information content (AvgIpc) is 3.87. The summed E-state index contributed by atoms with van der Waals surface area (Å²) in [6, 6.07) is 6.21. The molecule has 2 saturated carbocycles. The van der Waals surface area contributed by atoms with Crippen molar-refractivity contribution < 1.29 is 35.9 Å². The van der Waals surface area contributed by atoms with Gasteiger partial charge in [0.2, 0.25) is 0 Å². The van der Waals surface area contributed by atoms with Crippen molar-refractivity contribution in [1.82, 2.24) is 19.5 Å². The van der Waals surface area contributed by atoms with E-state index < -0.39 is 35.8 Å². The molecule has 2 aromatic heterocycles. The Labute approximate surface area is 247 Å². The molecule has 1 aromatic carbocycles. The molecule has 7 nitrogen and oxygen atoms in total. The maximum Gasteiger partial charge on any atom is 0.417 e. The highest BCUT2D eigenvalue weighted by atomic mass is 32.2. The Morgan fingerprint density at radius 2 is 1.79 bits per heavy atom. The predicted molar refractivity (Wildman–Crippen MR) is 150 cm³/mol. The van der Waals surface area contributed by atoms with Crippen molar-refractivity contribution in [2.75, 3.05) is 6.61 Å². The van der Waals surface area contributed by atoms with Crippen LogP contribution < -0.4 is 15.0 Å². The molecule has 2 aliphatic carbocycles. The molecule has 2 aliphatic rings. The molecule has 0 atom stereocenters. The van der Waals surface area contributed by atoms with Crippen LogP contribution >= 0.6 is 11.9 Å². The lowest BCUT2D eigenvalue weighted by atomic mass is 9.98. The van der Waals surface area contributed by atoms with Gasteiger partial charge < -0.3 is 9.72 Å². The zero-order valence-corrected chi connectivity index (χ0v) is 23.8. The molecule has 0 radical (unpaired) electrons. The average molecular weight is 629 g/mol. The number of pyridine rings is 1. The number of ether oxygens (including phenoxy) is 1. The smallest absolute Gasteiger partial charge is 0.417 e. The first-order valence-corrected chi connectivity index (χ1v) is 14.9. The number of hydrogen-bond donors (Lipinski definition) is 2. The van der Waals surface area contributed by atoms with Gasteiger partial charge in [-0.2, -0.15) is 31.4 Å². The Kier molecular flexibility index (Phi) is 9.14. The molecule has 2 fully saturated rings. The first-order valence-electron chi connectivity index (χ1n) is 14.1. The van der Waals surface area contributed by atoms with Crippen LogP contribution in [0.3, 0.4) is 0 Å². The van der Waals surface area contributed by atoms with Crippen LogP contribution in [0.15, 0.2) is 41.3 Å². The molecule has 2 N–H and O–H groups in total. The third-order valence-corrected chi connectivity index (χ3v) is 8.23. The largest absolute Gasteiger partial charge is 0.494 e. The second-order valence-corrected chi connectivity index (χ2v) is 12.0. The van der Waals surface area contributed by atoms with Crippen LogP contribution in [0.2, 0.25) is 0 Å². The van der Waals surface area contributed by atoms with Crippen LogP contribution in [-0.4, -0.2) is 38.7 Å². The molecule has 1 amide bonds. The molecule has 0 saturated heterocycles. The number of amides is 1. The van der Waals surface area contributed by atoms with Crippen LogP contribution in [-0.2, 0) is 12.7 Å². The second-order valence-electron chi connectivity index (χ2n) is 10.9. The van der Waals surface area contributed by atoms with Gasteiger partial charge in [-0.3, -0.25) is 19.0 Å². The summed E-state index contributed by atoms with van der Waals surface area (Å²) in [4.78, 5) is 28.8. The van der Waals surface area contributed by atoms with E-state index in [4.69, 9.17) is 4.74 Å². The number of halogens is 6. The molecule has 43 heavy (non-hydrogen) atoms. The first-order chi connectivity index (χ1) is 20.4. The number of benzene rings is 1. The highest BCUT2D eigenvalue weighted by Gasteiger charge is 2.35. The van der Waals surface area contributed by atoms with Gasteiger partial charge in [0.25, 0.3) is 11.5 Å². The number of aromatic amines is 1. The van der Waals surface area contributed by atoms with E-state index in [1.165, 1.54) is 24.1 Å². The van der Waals surface area contributed by atoms with Gasteiger partial charge in [-0.1, -0.05) is 0 Å². The van der Waals surface area contributed by atoms with Crippen molar-refractivity contribution in [3.8, 4) is 28.3 Å². The van der Waals surface area contributed by atoms with Crippen molar-refractivity contribution in [3.63, 3.8) is 0 Å². The number of alkyl halides is 6. The lowest BCUT2D eigenvalue weighted by Gasteiger charge is -2.17. The fourth-order valence-electron chi connectivity index (χ4n) is 4.55. The van der Waals surface area contributed by atoms with Gasteiger partial charge in [-0.05, 0) is 93.1 Å². The van der Waals surface area contributed by atoms with Gasteiger partial charge in [0, 0.05) is 41.2 Å². The highest BCUT2D eigenvalue weighted by Crippen LogP contribution is 2.40. The Morgan fingerprint density at radius 1 is 1.02 bits per heavy atom. The number of rotatable bonds is 13. The number of hydrogen-bond acceptors (Lipinski definition) is 5. The molecule has 14 heteroatoms. The van der Waals surface area contributed by atoms with Gasteiger partial charge in [0.1, 0.15) is 11.3 Å². The maximum atomic E-state index is 14.2. The molecule has 0 unspecified atom stereocenters. The lowest BCUT2D eigenvalue weighted by molar-refractivity contribution is -0.137. The lowest BCUT2D eigenvalue weighted by Crippen LogP contribution is -2.27. The summed E-state index contributed by atoms with van der Waals surface area (Å²) in [5, 5.41) is 4.78. The van der Waals surface area contributed by atoms with Gasteiger partial charge in [0.05, 0.1) is 17.9 Å². The monoisotopic (exact) mass is 628 g/mol. The van der Waals surface area contributed by atoms with E-state index in [1.54, 1.807) is 16.9 Å². The topological polar surface area (TPSA) is 89.0 Å². The molecule has 0 aliphatic heterocycles. The molecule has 0 spiro atoms. The molecule has 3 aromatic rings. The fourth-order valence-corrected chi connectivity index (χ4v) is 5.30. The summed E-state index contributed by atoms with van der Waals surface area (Å²) < 4.78 is 89.3. The van der Waals surface area contributed by atoms with Gasteiger partial charge in [-0.25, -0.2) is 0 Å². The summed E-state index contributed by atoms with van der Waals surface area (Å²) in [7, 11) is 0. The van der Waals surface area contributed by atoms with Crippen LogP contribution in [0.4, 0.5) is 26.3 Å². The molecule has 0 bridgehead atoms. The fraction of sp³-hybridized carbons (Fsp3) is 0.483. The SMILES string of the molecule is O=C(NSC1CC1)c1c(-c2ccn(CC3CC3)n2)cc(-c2ccc(OCCCCCC(F)(F)F)cc2C(F)(F)F)[nH]c1=O. The van der Waals surface area contributed by atoms with Gasteiger partial charge in [-0.15, -0.1) is 0 Å². The molecular weight excluding hydrogens is 598 g/mol. The third-order valence-electron chi connectivity index (χ3n) is 7.12. The summed E-state index contributed by atoms with van der Waals surface area (Å²) in [5.74, 6) is -0.275. The van der Waals surface area contributed by atoms with E-state index in [0.29, 0.717) is 12.5 Å². The predicted octanol–water partition coefficient (Wildman–Crippen LogP) is 7.38. The van der Waals surface area contributed by atoms with Crippen LogP contribution in [0.5, 0.6) is 5.75 Å². The van der Waals surface area contributed by atoms with Crippen LogP contribution in [0, 0.1) is 5.92 Å².